The van der Waals surface area contributed by atoms with E-state index in [9.17, 15) is 4.79 Å². The largest absolute Gasteiger partial charge is 0.475 e. The highest BCUT2D eigenvalue weighted by atomic mass is 32.1. The number of carbonyl (C=O) groups excluding carboxylic acids is 1. The zero-order valence-electron chi connectivity index (χ0n) is 14.6. The Bertz CT molecular complexity index is 931. The van der Waals surface area contributed by atoms with E-state index >= 15 is 0 Å². The van der Waals surface area contributed by atoms with Gasteiger partial charge >= 0.3 is 6.03 Å². The van der Waals surface area contributed by atoms with Gasteiger partial charge in [0.05, 0.1) is 6.61 Å². The van der Waals surface area contributed by atoms with Crippen molar-refractivity contribution in [3.8, 4) is 17.0 Å². The third-order valence-electron chi connectivity index (χ3n) is 3.37. The summed E-state index contributed by atoms with van der Waals surface area (Å²) in [5, 5.41) is 5.75. The fourth-order valence-corrected chi connectivity index (χ4v) is 2.99. The number of thiazole rings is 1. The second-order valence-corrected chi connectivity index (χ2v) is 6.25. The topological polar surface area (TPSA) is 111 Å². The molecule has 2 amide bonds. The van der Waals surface area contributed by atoms with Crippen LogP contribution in [0.2, 0.25) is 0 Å². The molecule has 3 rings (SSSR count). The second-order valence-electron chi connectivity index (χ2n) is 5.28. The first-order valence-electron chi connectivity index (χ1n) is 8.05. The number of pyridine rings is 1. The number of hydrogen-bond donors (Lipinski definition) is 2. The van der Waals surface area contributed by atoms with Crippen molar-refractivity contribution in [2.24, 2.45) is 0 Å². The number of amides is 2. The van der Waals surface area contributed by atoms with Crippen molar-refractivity contribution in [3.63, 3.8) is 0 Å². The summed E-state index contributed by atoms with van der Waals surface area (Å²) in [4.78, 5) is 29.5. The number of urea groups is 1. The Balaban J connectivity index is 1.93. The van der Waals surface area contributed by atoms with Crippen LogP contribution in [0.4, 0.5) is 9.93 Å². The Morgan fingerprint density at radius 2 is 2.11 bits per heavy atom. The lowest BCUT2D eigenvalue weighted by molar-refractivity contribution is 0.144. The first-order valence-corrected chi connectivity index (χ1v) is 8.87. The number of ether oxygens (including phenoxy) is 2. The van der Waals surface area contributed by atoms with Crippen molar-refractivity contribution in [3.05, 3.63) is 37.4 Å². The molecule has 0 unspecified atom stereocenters. The molecule has 0 saturated heterocycles. The van der Waals surface area contributed by atoms with Gasteiger partial charge in [0.1, 0.15) is 23.3 Å². The maximum absolute atomic E-state index is 11.8. The Kier molecular flexibility index (Phi) is 6.23. The highest BCUT2D eigenvalue weighted by Gasteiger charge is 2.15. The zero-order valence-corrected chi connectivity index (χ0v) is 15.5. The maximum atomic E-state index is 11.8. The predicted molar refractivity (Wildman–Crippen MR) is 103 cm³/mol. The van der Waals surface area contributed by atoms with Crippen molar-refractivity contribution in [2.75, 3.05) is 32.2 Å². The summed E-state index contributed by atoms with van der Waals surface area (Å²) in [6.45, 7) is 4.71. The van der Waals surface area contributed by atoms with Gasteiger partial charge in [0.15, 0.2) is 5.13 Å². The minimum Gasteiger partial charge on any atom is -0.475 e. The number of nitrogens with one attached hydrogen (secondary N) is 2. The fourth-order valence-electron chi connectivity index (χ4n) is 2.19. The van der Waals surface area contributed by atoms with Crippen LogP contribution in [-0.2, 0) is 4.74 Å². The van der Waals surface area contributed by atoms with E-state index in [4.69, 9.17) is 9.47 Å². The molecule has 0 aromatic carbocycles. The summed E-state index contributed by atoms with van der Waals surface area (Å²) in [5.41, 5.74) is 2.11. The number of rotatable bonds is 8. The molecule has 27 heavy (non-hydrogen) atoms. The number of methoxy groups -OCH3 is 1. The number of nitrogens with zero attached hydrogens (tertiary/aromatic N) is 4. The molecule has 2 N–H and O–H groups in total. The highest BCUT2D eigenvalue weighted by molar-refractivity contribution is 7.22. The number of hydrogen-bond acceptors (Lipinski definition) is 8. The number of aromatic nitrogens is 4. The van der Waals surface area contributed by atoms with Crippen molar-refractivity contribution in [1.29, 1.82) is 0 Å². The van der Waals surface area contributed by atoms with Crippen molar-refractivity contribution in [2.45, 2.75) is 0 Å². The summed E-state index contributed by atoms with van der Waals surface area (Å²) in [7, 11) is 1.60. The van der Waals surface area contributed by atoms with Crippen LogP contribution in [0.1, 0.15) is 0 Å². The lowest BCUT2D eigenvalue weighted by atomic mass is 10.1. The molecule has 3 heterocycles. The van der Waals surface area contributed by atoms with Gasteiger partial charge in [0.25, 0.3) is 0 Å². The molecule has 0 atom stereocenters. The standard InChI is InChI=1S/C17H18N6O3S/c1-3-4-20-16(24)23-17-21-13-7-12(11-8-18-10-19-9-11)14(22-15(13)27-17)26-6-5-25-2/h3,7-10H,1,4-6H2,2H3,(H2,20,21,23,24). The van der Waals surface area contributed by atoms with Gasteiger partial charge in [-0.25, -0.2) is 24.7 Å². The molecular formula is C17H18N6O3S. The van der Waals surface area contributed by atoms with Gasteiger partial charge in [0.2, 0.25) is 5.88 Å². The third kappa shape index (κ3) is 4.74. The Morgan fingerprint density at radius 3 is 2.85 bits per heavy atom. The minimum absolute atomic E-state index is 0.351. The smallest absolute Gasteiger partial charge is 0.321 e. The molecule has 9 nitrogen and oxygen atoms in total. The van der Waals surface area contributed by atoms with E-state index in [1.807, 2.05) is 6.07 Å². The van der Waals surface area contributed by atoms with Gasteiger partial charge in [-0.1, -0.05) is 17.4 Å². The van der Waals surface area contributed by atoms with Gasteiger partial charge in [-0.3, -0.25) is 5.32 Å². The van der Waals surface area contributed by atoms with Crippen LogP contribution in [0, 0.1) is 0 Å². The molecule has 3 aromatic rings. The summed E-state index contributed by atoms with van der Waals surface area (Å²) in [6.07, 6.45) is 6.39. The van der Waals surface area contributed by atoms with Crippen molar-refractivity contribution >= 4 is 32.8 Å². The van der Waals surface area contributed by atoms with Crippen LogP contribution in [0.3, 0.4) is 0 Å². The summed E-state index contributed by atoms with van der Waals surface area (Å²) < 4.78 is 10.8. The third-order valence-corrected chi connectivity index (χ3v) is 4.25. The quantitative estimate of drug-likeness (QED) is 0.452. The van der Waals surface area contributed by atoms with E-state index in [2.05, 4.69) is 37.1 Å². The number of fused-ring (bicyclic) bond motifs is 1. The van der Waals surface area contributed by atoms with E-state index in [0.29, 0.717) is 46.7 Å². The van der Waals surface area contributed by atoms with E-state index in [1.54, 1.807) is 25.6 Å². The lowest BCUT2D eigenvalue weighted by Gasteiger charge is -2.09. The van der Waals surface area contributed by atoms with Crippen LogP contribution in [0.25, 0.3) is 21.5 Å². The second kappa shape index (κ2) is 9.01. The Hall–Kier alpha value is -3.11. The molecule has 0 saturated carbocycles. The average Bonchev–Trinajstić information content (AvgIpc) is 3.07. The van der Waals surface area contributed by atoms with E-state index < -0.39 is 0 Å². The molecule has 0 aliphatic heterocycles. The van der Waals surface area contributed by atoms with Crippen LogP contribution >= 0.6 is 11.3 Å². The molecule has 0 radical (unpaired) electrons. The first-order chi connectivity index (χ1) is 13.2. The maximum Gasteiger partial charge on any atom is 0.321 e. The molecule has 0 spiro atoms. The normalized spacial score (nSPS) is 10.6. The first kappa shape index (κ1) is 18.7. The summed E-state index contributed by atoms with van der Waals surface area (Å²) in [5.74, 6) is 0.431. The number of anilines is 1. The van der Waals surface area contributed by atoms with Crippen molar-refractivity contribution in [1.82, 2.24) is 25.3 Å². The van der Waals surface area contributed by atoms with Crippen LogP contribution in [0.5, 0.6) is 5.88 Å². The van der Waals surface area contributed by atoms with E-state index in [0.717, 1.165) is 5.56 Å². The molecule has 10 heteroatoms. The van der Waals surface area contributed by atoms with Gasteiger partial charge in [-0.15, -0.1) is 6.58 Å². The van der Waals surface area contributed by atoms with Crippen LogP contribution in [-0.4, -0.2) is 52.8 Å². The summed E-state index contributed by atoms with van der Waals surface area (Å²) >= 11 is 1.25. The molecule has 3 aromatic heterocycles. The predicted octanol–water partition coefficient (Wildman–Crippen LogP) is 2.48. The van der Waals surface area contributed by atoms with E-state index in [-0.39, 0.29) is 6.03 Å². The fraction of sp³-hybridized carbons (Fsp3) is 0.235. The SMILES string of the molecule is C=CCNC(=O)Nc1nc2cc(-c3cncnc3)c(OCCOC)nc2s1. The molecule has 0 aliphatic rings. The Labute approximate surface area is 159 Å². The molecular weight excluding hydrogens is 368 g/mol. The lowest BCUT2D eigenvalue weighted by Crippen LogP contribution is -2.28. The molecule has 140 valence electrons. The average molecular weight is 386 g/mol. The highest BCUT2D eigenvalue weighted by Crippen LogP contribution is 2.34. The molecule has 0 bridgehead atoms. The van der Waals surface area contributed by atoms with E-state index in [1.165, 1.54) is 17.7 Å². The molecule has 0 aliphatic carbocycles. The van der Waals surface area contributed by atoms with Gasteiger partial charge in [-0.05, 0) is 6.07 Å². The zero-order chi connectivity index (χ0) is 19.1. The summed E-state index contributed by atoms with van der Waals surface area (Å²) in [6, 6.07) is 1.48. The van der Waals surface area contributed by atoms with Crippen LogP contribution in [0.15, 0.2) is 37.4 Å². The minimum atomic E-state index is -0.359. The van der Waals surface area contributed by atoms with Crippen LogP contribution < -0.4 is 15.4 Å². The molecule has 0 fully saturated rings. The monoisotopic (exact) mass is 386 g/mol. The van der Waals surface area contributed by atoms with Gasteiger partial charge in [0, 0.05) is 37.2 Å². The Morgan fingerprint density at radius 1 is 1.30 bits per heavy atom. The van der Waals surface area contributed by atoms with Gasteiger partial charge < -0.3 is 14.8 Å². The van der Waals surface area contributed by atoms with Crippen molar-refractivity contribution < 1.29 is 14.3 Å². The number of carbonyl (C=O) groups is 1. The van der Waals surface area contributed by atoms with Gasteiger partial charge in [-0.2, -0.15) is 0 Å².